The third kappa shape index (κ3) is 4.27. The molecule has 2 N–H and O–H groups in total. The number of amides is 1. The molecule has 4 aliphatic rings. The number of fused-ring (bicyclic) bond motifs is 2. The third-order valence-electron chi connectivity index (χ3n) is 6.73. The minimum absolute atomic E-state index is 0. The molecule has 4 unspecified atom stereocenters. The second-order valence-electron chi connectivity index (χ2n) is 8.61. The molecular formula is C23H26N3NaO6S2+2. The molecule has 6 rings (SSSR count). The molecule has 3 saturated heterocycles. The first-order valence-electron chi connectivity index (χ1n) is 11.0. The fourth-order valence-corrected chi connectivity index (χ4v) is 6.32. The number of thiocarbonyl (C=S) groups is 1. The standard InChI is InChI=1S/C23H24N3O6S2.Na.H/c27-13-12-24-21-19(26(22(21)28,23(24)33)16-7-2-1-3-8-16)15-25-18(10-6-14-34(29,30)31)17-9-4-5-11-20(17)32-25;;/h1-5,7-9,11,15,18-19,21,27H,6,10,12-14H2;;/q+1;;/p+1. The molecule has 9 nitrogen and oxygen atoms in total. The van der Waals surface area contributed by atoms with Crippen LogP contribution < -0.4 is 9.32 Å². The maximum atomic E-state index is 13.4. The summed E-state index contributed by atoms with van der Waals surface area (Å²) < 4.78 is 33.2. The van der Waals surface area contributed by atoms with E-state index in [1.54, 1.807) is 9.64 Å². The number of para-hydroxylation sites is 2. The zero-order chi connectivity index (χ0) is 24.1. The Bertz CT molecular complexity index is 1290. The van der Waals surface area contributed by atoms with Crippen LogP contribution in [-0.4, -0.2) is 105 Å². The van der Waals surface area contributed by atoms with Crippen molar-refractivity contribution < 1.29 is 32.4 Å². The van der Waals surface area contributed by atoms with E-state index < -0.39 is 16.2 Å². The molecule has 2 bridgehead atoms. The van der Waals surface area contributed by atoms with Gasteiger partial charge in [-0.3, -0.25) is 9.45 Å². The quantitative estimate of drug-likeness (QED) is 0.131. The van der Waals surface area contributed by atoms with E-state index in [1.807, 2.05) is 60.8 Å². The summed E-state index contributed by atoms with van der Waals surface area (Å²) in [5.41, 5.74) is 1.65. The van der Waals surface area contributed by atoms with E-state index in [9.17, 15) is 18.3 Å². The normalized spacial score (nSPS) is 27.9. The van der Waals surface area contributed by atoms with E-state index in [2.05, 4.69) is 0 Å². The number of hydrogen-bond acceptors (Lipinski definition) is 6. The minimum atomic E-state index is -4.07. The molecule has 3 fully saturated rings. The molecular weight excluding hydrogens is 501 g/mol. The number of carbonyl (C=O) groups excluding carboxylic acids is 1. The number of carbonyl (C=O) groups is 1. The first-order chi connectivity index (χ1) is 16.3. The summed E-state index contributed by atoms with van der Waals surface area (Å²) in [6.07, 6.45) is 2.53. The number of aliphatic hydroxyl groups excluding tert-OH is 1. The van der Waals surface area contributed by atoms with Gasteiger partial charge in [0.2, 0.25) is 23.9 Å². The Kier molecular flexibility index (Phi) is 7.52. The molecule has 4 aliphatic heterocycles. The van der Waals surface area contributed by atoms with Crippen LogP contribution in [0.1, 0.15) is 24.4 Å². The van der Waals surface area contributed by atoms with Gasteiger partial charge >= 0.3 is 35.5 Å². The van der Waals surface area contributed by atoms with Crippen LogP contribution in [0.5, 0.6) is 5.75 Å². The molecule has 0 spiro atoms. The zero-order valence-corrected chi connectivity index (χ0v) is 19.9. The van der Waals surface area contributed by atoms with Gasteiger partial charge in [-0.25, -0.2) is 9.63 Å². The Labute approximate surface area is 231 Å². The van der Waals surface area contributed by atoms with Gasteiger partial charge in [0.05, 0.1) is 17.9 Å². The molecule has 4 heterocycles. The molecule has 0 radical (unpaired) electrons. The molecule has 0 aliphatic carbocycles. The predicted octanol–water partition coefficient (Wildman–Crippen LogP) is 1.02. The van der Waals surface area contributed by atoms with Crippen LogP contribution in [0.15, 0.2) is 54.6 Å². The summed E-state index contributed by atoms with van der Waals surface area (Å²) in [6, 6.07) is 15.7. The number of hydrogen-bond donors (Lipinski definition) is 2. The number of β-lactam (4-membered cyclic amide) rings is 1. The zero-order valence-electron chi connectivity index (χ0n) is 18.2. The van der Waals surface area contributed by atoms with Gasteiger partial charge in [-0.2, -0.15) is 12.9 Å². The Morgan fingerprint density at radius 2 is 1.83 bits per heavy atom. The number of benzene rings is 2. The summed E-state index contributed by atoms with van der Waals surface area (Å²) in [6.45, 7) is 0.126. The van der Waals surface area contributed by atoms with Crippen molar-refractivity contribution in [2.24, 2.45) is 0 Å². The number of rotatable bonds is 8. The van der Waals surface area contributed by atoms with Crippen LogP contribution >= 0.6 is 12.2 Å². The number of hydroxylamine groups is 1. The first-order valence-corrected chi connectivity index (χ1v) is 13.1. The third-order valence-corrected chi connectivity index (χ3v) is 8.05. The van der Waals surface area contributed by atoms with Gasteiger partial charge < -0.3 is 5.11 Å². The van der Waals surface area contributed by atoms with Gasteiger partial charge in [0.1, 0.15) is 5.69 Å². The van der Waals surface area contributed by atoms with Crippen molar-refractivity contribution in [1.29, 1.82) is 0 Å². The molecule has 2 aromatic carbocycles. The van der Waals surface area contributed by atoms with Gasteiger partial charge in [-0.05, 0) is 23.3 Å². The molecule has 12 heteroatoms. The SMILES string of the molecule is O=C1C2C(C=[N+]3Oc4ccccc4C3CCCS(=O)(=O)O)[N+]1(c1ccccc1)C(=S)N2CCO.[NaH]. The van der Waals surface area contributed by atoms with Crippen molar-refractivity contribution in [2.45, 2.75) is 31.0 Å². The molecule has 4 atom stereocenters. The summed E-state index contributed by atoms with van der Waals surface area (Å²) in [7, 11) is -4.07. The monoisotopic (exact) mass is 527 g/mol. The Balaban J connectivity index is 0.00000289. The number of nitrogens with zero attached hydrogens (tertiary/aromatic N) is 3. The van der Waals surface area contributed by atoms with E-state index in [0.29, 0.717) is 17.3 Å². The second kappa shape index (κ2) is 9.98. The van der Waals surface area contributed by atoms with Gasteiger partial charge in [0.15, 0.2) is 0 Å². The van der Waals surface area contributed by atoms with Crippen molar-refractivity contribution in [3.05, 3.63) is 60.2 Å². The topological polar surface area (TPSA) is 107 Å². The summed E-state index contributed by atoms with van der Waals surface area (Å²) in [5, 5.41) is 10.0. The van der Waals surface area contributed by atoms with Crippen molar-refractivity contribution in [2.75, 3.05) is 18.9 Å². The van der Waals surface area contributed by atoms with E-state index in [0.717, 1.165) is 11.3 Å². The van der Waals surface area contributed by atoms with E-state index >= 15 is 0 Å². The molecule has 0 saturated carbocycles. The van der Waals surface area contributed by atoms with Crippen LogP contribution in [0.2, 0.25) is 0 Å². The Morgan fingerprint density at radius 3 is 2.51 bits per heavy atom. The van der Waals surface area contributed by atoms with E-state index in [1.165, 1.54) is 0 Å². The summed E-state index contributed by atoms with van der Waals surface area (Å²) in [5.74, 6) is 0.262. The maximum absolute atomic E-state index is 13.4. The van der Waals surface area contributed by atoms with Crippen molar-refractivity contribution in [1.82, 2.24) is 9.38 Å². The first kappa shape index (κ1) is 26.4. The molecule has 0 aromatic heterocycles. The number of quaternary nitrogens is 1. The van der Waals surface area contributed by atoms with Gasteiger partial charge in [0, 0.05) is 37.3 Å². The van der Waals surface area contributed by atoms with Crippen LogP contribution in [0.4, 0.5) is 5.69 Å². The van der Waals surface area contributed by atoms with Crippen molar-refractivity contribution in [3.63, 3.8) is 0 Å². The van der Waals surface area contributed by atoms with Crippen LogP contribution in [0.25, 0.3) is 0 Å². The van der Waals surface area contributed by atoms with E-state index in [-0.39, 0.29) is 77.4 Å². The number of aliphatic hydroxyl groups is 1. The van der Waals surface area contributed by atoms with E-state index in [4.69, 9.17) is 21.6 Å². The predicted molar refractivity (Wildman–Crippen MR) is 136 cm³/mol. The van der Waals surface area contributed by atoms with Gasteiger partial charge in [-0.1, -0.05) is 30.3 Å². The van der Waals surface area contributed by atoms with Crippen molar-refractivity contribution >= 4 is 74.8 Å². The fourth-order valence-electron chi connectivity index (χ4n) is 5.27. The average Bonchev–Trinajstić information content (AvgIpc) is 3.35. The molecule has 35 heavy (non-hydrogen) atoms. The Morgan fingerprint density at radius 1 is 1.14 bits per heavy atom. The van der Waals surface area contributed by atoms with Crippen LogP contribution in [-0.2, 0) is 14.9 Å². The van der Waals surface area contributed by atoms with Crippen molar-refractivity contribution in [3.8, 4) is 5.75 Å². The Hall–Kier alpha value is -1.70. The summed E-state index contributed by atoms with van der Waals surface area (Å²) in [4.78, 5) is 21.3. The molecule has 2 aromatic rings. The fraction of sp³-hybridized carbons (Fsp3) is 0.348. The van der Waals surface area contributed by atoms with Crippen LogP contribution in [0.3, 0.4) is 0 Å². The molecule has 1 amide bonds. The summed E-state index contributed by atoms with van der Waals surface area (Å²) >= 11 is 5.76. The van der Waals surface area contributed by atoms with Gasteiger partial charge in [0.25, 0.3) is 21.4 Å². The second-order valence-corrected chi connectivity index (χ2v) is 10.6. The van der Waals surface area contributed by atoms with Crippen LogP contribution in [0, 0.1) is 0 Å². The van der Waals surface area contributed by atoms with Gasteiger partial charge in [-0.15, -0.1) is 0 Å². The molecule has 180 valence electrons. The average molecular weight is 528 g/mol.